The maximum absolute atomic E-state index is 9.76. The summed E-state index contributed by atoms with van der Waals surface area (Å²) in [6.07, 6.45) is 2.08. The third kappa shape index (κ3) is 47.3. The first kappa shape index (κ1) is 12.8. The van der Waals surface area contributed by atoms with Crippen LogP contribution >= 0.6 is 0 Å². The molecule has 0 aromatic carbocycles. The molecule has 0 bridgehead atoms. The number of hydrogen-bond acceptors (Lipinski definition) is 2. The second kappa shape index (κ2) is 9.14. The molecule has 0 aliphatic carbocycles. The zero-order valence-corrected chi connectivity index (χ0v) is 7.39. The Hall–Kier alpha value is -0.860. The molecule has 66 valence electrons. The second-order valence-corrected chi connectivity index (χ2v) is 2.41. The lowest BCUT2D eigenvalue weighted by molar-refractivity contribution is -0.137. The maximum atomic E-state index is 9.76. The van der Waals surface area contributed by atoms with Gasteiger partial charge in [-0.1, -0.05) is 13.3 Å². The van der Waals surface area contributed by atoms with Crippen LogP contribution in [0.25, 0.3) is 0 Å². The van der Waals surface area contributed by atoms with Crippen LogP contribution in [-0.4, -0.2) is 16.9 Å². The van der Waals surface area contributed by atoms with Crippen LogP contribution in [0.3, 0.4) is 0 Å². The van der Waals surface area contributed by atoms with E-state index in [1.54, 1.807) is 0 Å². The summed E-state index contributed by atoms with van der Waals surface area (Å²) in [5, 5.41) is 8.04. The minimum Gasteiger partial charge on any atom is -0.481 e. The number of carboxylic acid groups (broad SMARTS) is 1. The molecule has 3 heteroatoms. The SMILES string of the molecule is CC(C)=O.CCCCC(=O)O. The largest absolute Gasteiger partial charge is 0.481 e. The molecular weight excluding hydrogens is 144 g/mol. The first-order valence-corrected chi connectivity index (χ1v) is 3.69. The van der Waals surface area contributed by atoms with E-state index in [1.165, 1.54) is 13.8 Å². The van der Waals surface area contributed by atoms with Gasteiger partial charge in [0.1, 0.15) is 5.78 Å². The molecular formula is C8H16O3. The van der Waals surface area contributed by atoms with Crippen molar-refractivity contribution in [1.82, 2.24) is 0 Å². The molecule has 0 radical (unpaired) electrons. The van der Waals surface area contributed by atoms with Crippen molar-refractivity contribution in [2.75, 3.05) is 0 Å². The predicted molar refractivity (Wildman–Crippen MR) is 43.5 cm³/mol. The number of hydrogen-bond donors (Lipinski definition) is 1. The molecule has 0 amide bonds. The molecule has 0 rings (SSSR count). The molecule has 0 spiro atoms. The topological polar surface area (TPSA) is 54.4 Å². The lowest BCUT2D eigenvalue weighted by Gasteiger charge is -1.85. The Labute approximate surface area is 67.4 Å². The van der Waals surface area contributed by atoms with Gasteiger partial charge in [0.05, 0.1) is 0 Å². The summed E-state index contributed by atoms with van der Waals surface area (Å²) in [5.41, 5.74) is 0. The Kier molecular flexibility index (Phi) is 10.6. The van der Waals surface area contributed by atoms with Gasteiger partial charge in [0.2, 0.25) is 0 Å². The summed E-state index contributed by atoms with van der Waals surface area (Å²) in [5.74, 6) is -0.526. The molecule has 11 heavy (non-hydrogen) atoms. The van der Waals surface area contributed by atoms with E-state index in [0.717, 1.165) is 12.8 Å². The molecule has 0 aromatic heterocycles. The number of carboxylic acids is 1. The fourth-order valence-electron chi connectivity index (χ4n) is 0.328. The highest BCUT2D eigenvalue weighted by Gasteiger charge is 1.90. The highest BCUT2D eigenvalue weighted by molar-refractivity contribution is 5.72. The molecule has 0 fully saturated rings. The van der Waals surface area contributed by atoms with Crippen LogP contribution in [0.15, 0.2) is 0 Å². The average Bonchev–Trinajstić information content (AvgIpc) is 1.82. The van der Waals surface area contributed by atoms with Crippen molar-refractivity contribution in [3.63, 3.8) is 0 Å². The van der Waals surface area contributed by atoms with Crippen molar-refractivity contribution in [2.24, 2.45) is 0 Å². The highest BCUT2D eigenvalue weighted by atomic mass is 16.4. The fraction of sp³-hybridized carbons (Fsp3) is 0.750. The normalized spacial score (nSPS) is 7.91. The van der Waals surface area contributed by atoms with Gasteiger partial charge in [-0.15, -0.1) is 0 Å². The summed E-state index contributed by atoms with van der Waals surface area (Å²) < 4.78 is 0. The van der Waals surface area contributed by atoms with E-state index in [2.05, 4.69) is 0 Å². The van der Waals surface area contributed by atoms with Crippen molar-refractivity contribution in [3.8, 4) is 0 Å². The van der Waals surface area contributed by atoms with Gasteiger partial charge < -0.3 is 9.90 Å². The molecule has 3 nitrogen and oxygen atoms in total. The van der Waals surface area contributed by atoms with Gasteiger partial charge in [0.25, 0.3) is 0 Å². The van der Waals surface area contributed by atoms with Crippen molar-refractivity contribution in [2.45, 2.75) is 40.0 Å². The molecule has 0 aromatic rings. The third-order valence-corrected chi connectivity index (χ3v) is 0.744. The van der Waals surface area contributed by atoms with Crippen molar-refractivity contribution < 1.29 is 14.7 Å². The summed E-state index contributed by atoms with van der Waals surface area (Å²) in [7, 11) is 0. The van der Waals surface area contributed by atoms with E-state index in [0.29, 0.717) is 6.42 Å². The predicted octanol–water partition coefficient (Wildman–Crippen LogP) is 1.86. The van der Waals surface area contributed by atoms with E-state index >= 15 is 0 Å². The van der Waals surface area contributed by atoms with Crippen LogP contribution in [0.2, 0.25) is 0 Å². The minimum atomic E-state index is -0.693. The van der Waals surface area contributed by atoms with Crippen molar-refractivity contribution in [3.05, 3.63) is 0 Å². The number of aliphatic carboxylic acids is 1. The molecule has 1 N–H and O–H groups in total. The zero-order valence-electron chi connectivity index (χ0n) is 7.39. The number of carbonyl (C=O) groups excluding carboxylic acids is 1. The van der Waals surface area contributed by atoms with Crippen LogP contribution in [0.5, 0.6) is 0 Å². The van der Waals surface area contributed by atoms with Crippen molar-refractivity contribution in [1.29, 1.82) is 0 Å². The van der Waals surface area contributed by atoms with Gasteiger partial charge >= 0.3 is 5.97 Å². The fourth-order valence-corrected chi connectivity index (χ4v) is 0.328. The number of carbonyl (C=O) groups is 2. The lowest BCUT2D eigenvalue weighted by Crippen LogP contribution is -1.91. The van der Waals surface area contributed by atoms with E-state index < -0.39 is 5.97 Å². The molecule has 0 unspecified atom stereocenters. The van der Waals surface area contributed by atoms with Crippen LogP contribution in [0, 0.1) is 0 Å². The highest BCUT2D eigenvalue weighted by Crippen LogP contribution is 1.91. The van der Waals surface area contributed by atoms with Crippen LogP contribution in [0.4, 0.5) is 0 Å². The molecule has 0 saturated heterocycles. The van der Waals surface area contributed by atoms with Gasteiger partial charge in [-0.2, -0.15) is 0 Å². The molecule has 0 heterocycles. The minimum absolute atomic E-state index is 0.167. The molecule has 0 aliphatic rings. The molecule has 0 atom stereocenters. The maximum Gasteiger partial charge on any atom is 0.303 e. The first-order chi connectivity index (χ1) is 5.00. The first-order valence-electron chi connectivity index (χ1n) is 3.69. The monoisotopic (exact) mass is 160 g/mol. The lowest BCUT2D eigenvalue weighted by atomic mass is 10.3. The summed E-state index contributed by atoms with van der Waals surface area (Å²) >= 11 is 0. The number of unbranched alkanes of at least 4 members (excludes halogenated alkanes) is 1. The van der Waals surface area contributed by atoms with Crippen molar-refractivity contribution >= 4 is 11.8 Å². The number of rotatable bonds is 3. The zero-order chi connectivity index (χ0) is 9.28. The Bertz CT molecular complexity index is 115. The third-order valence-electron chi connectivity index (χ3n) is 0.744. The number of Topliss-reactive ketones (excluding diaryl/α,β-unsaturated/α-hetero) is 1. The Morgan fingerprint density at radius 1 is 1.27 bits per heavy atom. The average molecular weight is 160 g/mol. The smallest absolute Gasteiger partial charge is 0.303 e. The Morgan fingerprint density at radius 3 is 1.73 bits per heavy atom. The van der Waals surface area contributed by atoms with Crippen LogP contribution < -0.4 is 0 Å². The molecule has 0 aliphatic heterocycles. The summed E-state index contributed by atoms with van der Waals surface area (Å²) in [6, 6.07) is 0. The van der Waals surface area contributed by atoms with E-state index in [4.69, 9.17) is 5.11 Å². The Balaban J connectivity index is 0. The van der Waals surface area contributed by atoms with E-state index in [9.17, 15) is 9.59 Å². The van der Waals surface area contributed by atoms with Crippen LogP contribution in [0.1, 0.15) is 40.0 Å². The van der Waals surface area contributed by atoms with Gasteiger partial charge in [0.15, 0.2) is 0 Å². The molecule has 0 saturated carbocycles. The second-order valence-electron chi connectivity index (χ2n) is 2.41. The van der Waals surface area contributed by atoms with Gasteiger partial charge in [-0.3, -0.25) is 4.79 Å². The van der Waals surface area contributed by atoms with Crippen LogP contribution in [-0.2, 0) is 9.59 Å². The standard InChI is InChI=1S/C5H10O2.C3H6O/c1-2-3-4-5(6)7;1-3(2)4/h2-4H2,1H3,(H,6,7);1-2H3. The summed E-state index contributed by atoms with van der Waals surface area (Å²) in [6.45, 7) is 5.03. The quantitative estimate of drug-likeness (QED) is 0.685. The Morgan fingerprint density at radius 2 is 1.64 bits per heavy atom. The van der Waals surface area contributed by atoms with Gasteiger partial charge in [-0.05, 0) is 20.3 Å². The number of ketones is 1. The summed E-state index contributed by atoms with van der Waals surface area (Å²) in [4.78, 5) is 19.2. The van der Waals surface area contributed by atoms with Gasteiger partial charge in [-0.25, -0.2) is 0 Å². The van der Waals surface area contributed by atoms with E-state index in [-0.39, 0.29) is 5.78 Å². The van der Waals surface area contributed by atoms with E-state index in [1.807, 2.05) is 6.92 Å². The van der Waals surface area contributed by atoms with Gasteiger partial charge in [0, 0.05) is 6.42 Å².